The fourth-order valence-electron chi connectivity index (χ4n) is 1.62. The van der Waals surface area contributed by atoms with E-state index in [4.69, 9.17) is 16.3 Å². The first-order valence-electron chi connectivity index (χ1n) is 5.73. The molecule has 2 aromatic rings. The number of benzene rings is 2. The average molecular weight is 343 g/mol. The van der Waals surface area contributed by atoms with E-state index in [0.717, 1.165) is 12.1 Å². The van der Waals surface area contributed by atoms with Gasteiger partial charge in [0.1, 0.15) is 18.2 Å². The Morgan fingerprint density at radius 2 is 1.76 bits per heavy atom. The van der Waals surface area contributed by atoms with Crippen molar-refractivity contribution in [2.45, 2.75) is 6.61 Å². The normalized spacial score (nSPS) is 10.9. The first-order chi connectivity index (χ1) is 9.36. The SMILES string of the molecule is Fc1ccc(Cl)c(COc2cccc([B-](F)(F)F)c2)c1.[K+]. The Morgan fingerprint density at radius 3 is 2.43 bits per heavy atom. The van der Waals surface area contributed by atoms with Crippen molar-refractivity contribution in [1.82, 2.24) is 0 Å². The molecule has 0 aliphatic heterocycles. The second-order valence-electron chi connectivity index (χ2n) is 4.17. The minimum absolute atomic E-state index is 0. The van der Waals surface area contributed by atoms with Crippen LogP contribution in [0.25, 0.3) is 0 Å². The van der Waals surface area contributed by atoms with Crippen molar-refractivity contribution in [1.29, 1.82) is 0 Å². The Bertz CT molecular complexity index is 621. The van der Waals surface area contributed by atoms with Crippen molar-refractivity contribution in [2.24, 2.45) is 0 Å². The summed E-state index contributed by atoms with van der Waals surface area (Å²) in [6.45, 7) is -5.18. The molecule has 0 saturated heterocycles. The smallest absolute Gasteiger partial charge is 0.489 e. The van der Waals surface area contributed by atoms with Crippen molar-refractivity contribution < 1.29 is 73.5 Å². The maximum Gasteiger partial charge on any atom is 1.00 e. The summed E-state index contributed by atoms with van der Waals surface area (Å²) in [5.74, 6) is -0.428. The maximum absolute atomic E-state index is 13.0. The van der Waals surface area contributed by atoms with Crippen LogP contribution < -0.4 is 61.6 Å². The van der Waals surface area contributed by atoms with E-state index in [1.807, 2.05) is 0 Å². The number of hydrogen-bond acceptors (Lipinski definition) is 1. The molecule has 21 heavy (non-hydrogen) atoms. The van der Waals surface area contributed by atoms with Gasteiger partial charge in [0.2, 0.25) is 0 Å². The minimum atomic E-state index is -5.08. The Hall–Kier alpha value is -0.0487. The molecule has 0 bridgehead atoms. The third-order valence-electron chi connectivity index (χ3n) is 2.64. The quantitative estimate of drug-likeness (QED) is 0.598. The summed E-state index contributed by atoms with van der Waals surface area (Å²) in [4.78, 5) is 0. The van der Waals surface area contributed by atoms with Crippen LogP contribution >= 0.6 is 11.6 Å². The Labute approximate surface area is 167 Å². The molecule has 0 unspecified atom stereocenters. The van der Waals surface area contributed by atoms with Gasteiger partial charge in [-0.2, -0.15) is 0 Å². The summed E-state index contributed by atoms with van der Waals surface area (Å²) in [6, 6.07) is 8.28. The van der Waals surface area contributed by atoms with Gasteiger partial charge in [-0.15, -0.1) is 5.46 Å². The number of ether oxygens (including phenoxy) is 1. The molecular formula is C13H9BClF4KO. The van der Waals surface area contributed by atoms with Crippen LogP contribution in [0.2, 0.25) is 5.02 Å². The van der Waals surface area contributed by atoms with E-state index in [-0.39, 0.29) is 63.7 Å². The van der Waals surface area contributed by atoms with Crippen LogP contribution in [0.3, 0.4) is 0 Å². The molecule has 0 amide bonds. The molecule has 0 radical (unpaired) electrons. The summed E-state index contributed by atoms with van der Waals surface area (Å²) < 4.78 is 56.0. The third kappa shape index (κ3) is 5.58. The molecule has 0 fully saturated rings. The van der Waals surface area contributed by atoms with E-state index in [2.05, 4.69) is 0 Å². The van der Waals surface area contributed by atoms with E-state index in [1.54, 1.807) is 0 Å². The topological polar surface area (TPSA) is 9.23 Å². The van der Waals surface area contributed by atoms with Crippen LogP contribution in [-0.2, 0) is 6.61 Å². The molecule has 0 aromatic heterocycles. The van der Waals surface area contributed by atoms with Crippen LogP contribution in [0.15, 0.2) is 42.5 Å². The Morgan fingerprint density at radius 1 is 1.05 bits per heavy atom. The monoisotopic (exact) mass is 342 g/mol. The summed E-state index contributed by atoms with van der Waals surface area (Å²) in [6.07, 6.45) is 0. The summed E-state index contributed by atoms with van der Waals surface area (Å²) in [7, 11) is 0. The van der Waals surface area contributed by atoms with Crippen molar-refractivity contribution in [3.05, 3.63) is 58.9 Å². The molecule has 1 nitrogen and oxygen atoms in total. The van der Waals surface area contributed by atoms with E-state index in [1.165, 1.54) is 30.3 Å². The molecule has 0 spiro atoms. The molecule has 0 N–H and O–H groups in total. The zero-order chi connectivity index (χ0) is 14.8. The molecule has 2 rings (SSSR count). The minimum Gasteiger partial charge on any atom is -0.489 e. The molecule has 8 heteroatoms. The van der Waals surface area contributed by atoms with Crippen molar-refractivity contribution in [2.75, 3.05) is 0 Å². The number of hydrogen-bond donors (Lipinski definition) is 0. The molecular weight excluding hydrogens is 333 g/mol. The van der Waals surface area contributed by atoms with Gasteiger partial charge in [-0.05, 0) is 30.3 Å². The van der Waals surface area contributed by atoms with Gasteiger partial charge in [0.15, 0.2) is 0 Å². The molecule has 0 aliphatic carbocycles. The first kappa shape index (κ1) is 19.0. The molecule has 2 aromatic carbocycles. The number of halogens is 5. The van der Waals surface area contributed by atoms with Crippen LogP contribution in [0.4, 0.5) is 17.3 Å². The predicted molar refractivity (Wildman–Crippen MR) is 70.9 cm³/mol. The standard InChI is InChI=1S/C13H9BClF4O.K/c15-13-5-4-11(16)6-9(13)8-20-12-3-1-2-10(7-12)14(17,18)19;/h1-7H,8H2;/q-1;+1. The Kier molecular flexibility index (Phi) is 7.23. The van der Waals surface area contributed by atoms with Gasteiger partial charge in [0.05, 0.1) is 0 Å². The van der Waals surface area contributed by atoms with Crippen LogP contribution in [0.1, 0.15) is 5.56 Å². The van der Waals surface area contributed by atoms with Gasteiger partial charge in [-0.25, -0.2) is 4.39 Å². The molecule has 0 saturated carbocycles. The molecule has 0 atom stereocenters. The van der Waals surface area contributed by atoms with Crippen molar-refractivity contribution in [3.8, 4) is 5.75 Å². The molecule has 0 heterocycles. The van der Waals surface area contributed by atoms with Crippen LogP contribution in [0, 0.1) is 5.82 Å². The summed E-state index contributed by atoms with van der Waals surface area (Å²) in [5, 5.41) is 0.294. The first-order valence-corrected chi connectivity index (χ1v) is 6.11. The van der Waals surface area contributed by atoms with Gasteiger partial charge in [-0.1, -0.05) is 23.7 Å². The predicted octanol–water partition coefficient (Wildman–Crippen LogP) is 1.12. The van der Waals surface area contributed by atoms with Gasteiger partial charge in [-0.3, -0.25) is 0 Å². The van der Waals surface area contributed by atoms with Gasteiger partial charge in [0.25, 0.3) is 0 Å². The second kappa shape index (κ2) is 7.99. The van der Waals surface area contributed by atoms with Crippen LogP contribution in [-0.4, -0.2) is 6.98 Å². The van der Waals surface area contributed by atoms with Gasteiger partial charge >= 0.3 is 58.4 Å². The van der Waals surface area contributed by atoms with E-state index < -0.39 is 18.3 Å². The molecule has 0 aliphatic rings. The number of rotatable bonds is 4. The van der Waals surface area contributed by atoms with Crippen LogP contribution in [0.5, 0.6) is 5.75 Å². The fourth-order valence-corrected chi connectivity index (χ4v) is 1.80. The second-order valence-corrected chi connectivity index (χ2v) is 4.58. The largest absolute Gasteiger partial charge is 1.00 e. The van der Waals surface area contributed by atoms with Crippen molar-refractivity contribution >= 4 is 24.0 Å². The summed E-state index contributed by atoms with van der Waals surface area (Å²) >= 11 is 5.84. The summed E-state index contributed by atoms with van der Waals surface area (Å²) in [5.41, 5.74) is -0.373. The van der Waals surface area contributed by atoms with Gasteiger partial charge in [0, 0.05) is 10.6 Å². The zero-order valence-electron chi connectivity index (χ0n) is 11.1. The van der Waals surface area contributed by atoms with Crippen molar-refractivity contribution in [3.63, 3.8) is 0 Å². The molecule has 106 valence electrons. The fraction of sp³-hybridized carbons (Fsp3) is 0.0769. The average Bonchev–Trinajstić information content (AvgIpc) is 2.39. The third-order valence-corrected chi connectivity index (χ3v) is 3.01. The van der Waals surface area contributed by atoms with E-state index in [0.29, 0.717) is 10.6 Å². The Balaban J connectivity index is 0.00000220. The van der Waals surface area contributed by atoms with Gasteiger partial charge < -0.3 is 17.7 Å². The zero-order valence-corrected chi connectivity index (χ0v) is 15.0. The van der Waals surface area contributed by atoms with E-state index >= 15 is 0 Å². The maximum atomic E-state index is 13.0. The van der Waals surface area contributed by atoms with E-state index in [9.17, 15) is 17.3 Å².